The Hall–Kier alpha value is -4.38. The summed E-state index contributed by atoms with van der Waals surface area (Å²) in [7, 11) is 0. The quantitative estimate of drug-likeness (QED) is 0.0774. The predicted molar refractivity (Wildman–Crippen MR) is 163 cm³/mol. The molecule has 2 unspecified atom stereocenters. The molecule has 3 N–H and O–H groups in total. The van der Waals surface area contributed by atoms with Gasteiger partial charge in [-0.05, 0) is 36.5 Å². The number of hydrogen-bond acceptors (Lipinski definition) is 10. The van der Waals surface area contributed by atoms with Crippen molar-refractivity contribution < 1.29 is 48.6 Å². The molecule has 2 atom stereocenters. The number of aliphatic hydroxyl groups is 3. The van der Waals surface area contributed by atoms with Crippen LogP contribution >= 0.6 is 0 Å². The van der Waals surface area contributed by atoms with E-state index in [9.17, 15) is 14.7 Å². The predicted octanol–water partition coefficient (Wildman–Crippen LogP) is 5.09. The van der Waals surface area contributed by atoms with E-state index in [1.54, 1.807) is 12.1 Å². The molecule has 0 radical (unpaired) electrons. The van der Waals surface area contributed by atoms with Crippen LogP contribution in [0.25, 0.3) is 11.1 Å². The first kappa shape index (κ1) is 34.1. The molecular weight excluding hydrogens is 568 g/mol. The first-order valence-corrected chi connectivity index (χ1v) is 14.4. The van der Waals surface area contributed by atoms with Gasteiger partial charge in [0.05, 0.1) is 24.7 Å². The van der Waals surface area contributed by atoms with Crippen molar-refractivity contribution >= 4 is 11.9 Å². The minimum absolute atomic E-state index is 0.137. The van der Waals surface area contributed by atoms with Crippen LogP contribution in [-0.2, 0) is 25.5 Å². The van der Waals surface area contributed by atoms with Gasteiger partial charge < -0.3 is 39.0 Å². The lowest BCUT2D eigenvalue weighted by atomic mass is 10.0. The van der Waals surface area contributed by atoms with Gasteiger partial charge in [0.25, 0.3) is 0 Å². The van der Waals surface area contributed by atoms with Crippen molar-refractivity contribution in [2.45, 2.75) is 45.8 Å². The Bertz CT molecular complexity index is 1350. The molecule has 0 saturated heterocycles. The maximum atomic E-state index is 11.8. The van der Waals surface area contributed by atoms with Crippen LogP contribution in [0.5, 0.6) is 17.2 Å². The SMILES string of the molecule is C=C(CO)C(=O)OCOc1cc(OCOC(=O)C(C)CO)cc(OC(O)c2ccc(-c3ccc(CCCCC)cc3)cc2)c1. The van der Waals surface area contributed by atoms with Gasteiger partial charge in [0.15, 0.2) is 0 Å². The zero-order valence-electron chi connectivity index (χ0n) is 25.1. The van der Waals surface area contributed by atoms with Crippen molar-refractivity contribution in [3.63, 3.8) is 0 Å². The third-order valence-corrected chi connectivity index (χ3v) is 6.65. The second kappa shape index (κ2) is 17.7. The lowest BCUT2D eigenvalue weighted by Gasteiger charge is -2.17. The van der Waals surface area contributed by atoms with E-state index in [0.717, 1.165) is 17.5 Å². The Morgan fingerprint density at radius 3 is 1.95 bits per heavy atom. The summed E-state index contributed by atoms with van der Waals surface area (Å²) in [5.41, 5.74) is 3.74. The summed E-state index contributed by atoms with van der Waals surface area (Å²) in [4.78, 5) is 23.6. The summed E-state index contributed by atoms with van der Waals surface area (Å²) in [5.74, 6) is -1.73. The molecule has 10 heteroatoms. The van der Waals surface area contributed by atoms with Crippen molar-refractivity contribution in [2.24, 2.45) is 5.92 Å². The first-order valence-electron chi connectivity index (χ1n) is 14.4. The number of ether oxygens (including phenoxy) is 5. The molecule has 0 aromatic heterocycles. The van der Waals surface area contributed by atoms with Gasteiger partial charge in [-0.3, -0.25) is 4.79 Å². The second-order valence-electron chi connectivity index (χ2n) is 10.2. The third-order valence-electron chi connectivity index (χ3n) is 6.65. The van der Waals surface area contributed by atoms with E-state index in [0.29, 0.717) is 5.56 Å². The second-order valence-corrected chi connectivity index (χ2v) is 10.2. The molecule has 0 fully saturated rings. The highest BCUT2D eigenvalue weighted by Crippen LogP contribution is 2.31. The number of aryl methyl sites for hydroxylation is 1. The van der Waals surface area contributed by atoms with Crippen LogP contribution in [0, 0.1) is 5.92 Å². The third kappa shape index (κ3) is 10.7. The number of unbranched alkanes of at least 4 members (excludes halogenated alkanes) is 2. The molecule has 0 saturated carbocycles. The number of hydrogen-bond donors (Lipinski definition) is 3. The summed E-state index contributed by atoms with van der Waals surface area (Å²) >= 11 is 0. The fourth-order valence-corrected chi connectivity index (χ4v) is 3.95. The van der Waals surface area contributed by atoms with Crippen LogP contribution in [0.4, 0.5) is 0 Å². The highest BCUT2D eigenvalue weighted by atomic mass is 16.7. The van der Waals surface area contributed by atoms with E-state index in [1.165, 1.54) is 49.9 Å². The van der Waals surface area contributed by atoms with Gasteiger partial charge in [-0.15, -0.1) is 0 Å². The number of rotatable bonds is 18. The van der Waals surface area contributed by atoms with Gasteiger partial charge in [-0.1, -0.05) is 74.9 Å². The first-order chi connectivity index (χ1) is 21.2. The number of carbonyl (C=O) groups excluding carboxylic acids is 2. The fourth-order valence-electron chi connectivity index (χ4n) is 3.95. The summed E-state index contributed by atoms with van der Waals surface area (Å²) < 4.78 is 26.6. The molecule has 0 aliphatic rings. The van der Waals surface area contributed by atoms with Gasteiger partial charge in [0.2, 0.25) is 19.9 Å². The normalized spacial score (nSPS) is 12.1. The molecule has 236 valence electrons. The summed E-state index contributed by atoms with van der Waals surface area (Å²) in [6, 6.07) is 20.1. The Morgan fingerprint density at radius 1 is 0.818 bits per heavy atom. The maximum absolute atomic E-state index is 11.8. The number of aliphatic hydroxyl groups excluding tert-OH is 3. The highest BCUT2D eigenvalue weighted by molar-refractivity contribution is 5.87. The zero-order chi connectivity index (χ0) is 31.9. The van der Waals surface area contributed by atoms with E-state index in [2.05, 4.69) is 37.8 Å². The van der Waals surface area contributed by atoms with Crippen molar-refractivity contribution in [1.29, 1.82) is 0 Å². The van der Waals surface area contributed by atoms with E-state index in [-0.39, 0.29) is 29.4 Å². The molecule has 0 amide bonds. The topological polar surface area (TPSA) is 141 Å². The molecule has 0 aliphatic carbocycles. The molecule has 0 aliphatic heterocycles. The van der Waals surface area contributed by atoms with E-state index in [4.69, 9.17) is 33.9 Å². The van der Waals surface area contributed by atoms with Gasteiger partial charge in [-0.25, -0.2) is 4.79 Å². The number of esters is 2. The fraction of sp³-hybridized carbons (Fsp3) is 0.353. The monoisotopic (exact) mass is 608 g/mol. The molecular formula is C34H40O10. The van der Waals surface area contributed by atoms with Gasteiger partial charge in [0, 0.05) is 23.8 Å². The minimum atomic E-state index is -1.35. The average Bonchev–Trinajstić information content (AvgIpc) is 3.04. The van der Waals surface area contributed by atoms with E-state index < -0.39 is 44.3 Å². The van der Waals surface area contributed by atoms with E-state index in [1.807, 2.05) is 12.1 Å². The molecule has 3 aromatic carbocycles. The molecule has 10 nitrogen and oxygen atoms in total. The van der Waals surface area contributed by atoms with Gasteiger partial charge in [-0.2, -0.15) is 0 Å². The largest absolute Gasteiger partial charge is 0.461 e. The highest BCUT2D eigenvalue weighted by Gasteiger charge is 2.16. The summed E-state index contributed by atoms with van der Waals surface area (Å²) in [6.45, 7) is 5.20. The lowest BCUT2D eigenvalue weighted by Crippen LogP contribution is -2.20. The van der Waals surface area contributed by atoms with Crippen LogP contribution in [-0.4, -0.2) is 54.1 Å². The minimum Gasteiger partial charge on any atom is -0.461 e. The van der Waals surface area contributed by atoms with Gasteiger partial charge in [0.1, 0.15) is 17.2 Å². The van der Waals surface area contributed by atoms with Crippen LogP contribution in [0.1, 0.15) is 50.5 Å². The number of benzene rings is 3. The molecule has 44 heavy (non-hydrogen) atoms. The van der Waals surface area contributed by atoms with E-state index >= 15 is 0 Å². The molecule has 0 bridgehead atoms. The smallest absolute Gasteiger partial charge is 0.338 e. The molecule has 0 heterocycles. The molecule has 3 rings (SSSR count). The maximum Gasteiger partial charge on any atom is 0.338 e. The van der Waals surface area contributed by atoms with Crippen molar-refractivity contribution in [3.8, 4) is 28.4 Å². The lowest BCUT2D eigenvalue weighted by molar-refractivity contribution is -0.155. The van der Waals surface area contributed by atoms with Crippen LogP contribution in [0.3, 0.4) is 0 Å². The summed E-state index contributed by atoms with van der Waals surface area (Å²) in [5, 5.41) is 28.9. The number of carbonyl (C=O) groups is 2. The zero-order valence-corrected chi connectivity index (χ0v) is 25.1. The molecule has 3 aromatic rings. The Labute approximate surface area is 257 Å². The van der Waals surface area contributed by atoms with Crippen molar-refractivity contribution in [2.75, 3.05) is 26.8 Å². The average molecular weight is 609 g/mol. The summed E-state index contributed by atoms with van der Waals surface area (Å²) in [6.07, 6.45) is 3.31. The Morgan fingerprint density at radius 2 is 1.39 bits per heavy atom. The van der Waals surface area contributed by atoms with Crippen LogP contribution < -0.4 is 14.2 Å². The van der Waals surface area contributed by atoms with Gasteiger partial charge >= 0.3 is 11.9 Å². The van der Waals surface area contributed by atoms with Crippen molar-refractivity contribution in [3.05, 3.63) is 90.0 Å². The Kier molecular flexibility index (Phi) is 13.7. The molecule has 0 spiro atoms. The van der Waals surface area contributed by atoms with Crippen LogP contribution in [0.2, 0.25) is 0 Å². The van der Waals surface area contributed by atoms with Crippen molar-refractivity contribution in [1.82, 2.24) is 0 Å². The standard InChI is InChI=1S/C34H40O10/c1-4-5-6-7-25-8-10-26(11-9-25)27-12-14-28(15-13-27)34(39)44-31-17-29(40-21-42-32(37)23(2)19-35)16-30(18-31)41-22-43-33(38)24(3)20-36/h8-18,24,34-36,39H,2,4-7,19-22H2,1,3H3. The Balaban J connectivity index is 1.68. The van der Waals surface area contributed by atoms with Crippen LogP contribution in [0.15, 0.2) is 78.9 Å².